The van der Waals surface area contributed by atoms with E-state index in [1.54, 1.807) is 28.0 Å². The highest BCUT2D eigenvalue weighted by molar-refractivity contribution is 9.10. The van der Waals surface area contributed by atoms with E-state index in [9.17, 15) is 4.79 Å². The molecule has 0 bridgehead atoms. The third-order valence-electron chi connectivity index (χ3n) is 2.61. The Morgan fingerprint density at radius 3 is 2.94 bits per heavy atom. The SMILES string of the molecule is O=c1ccc(Br)cn1CCNCCc1cccs1. The molecule has 0 fully saturated rings. The molecule has 96 valence electrons. The molecule has 0 aliphatic rings. The number of halogens is 1. The molecule has 2 aromatic heterocycles. The minimum atomic E-state index is 0.0401. The van der Waals surface area contributed by atoms with Crippen LogP contribution in [0.3, 0.4) is 0 Å². The average molecular weight is 327 g/mol. The minimum absolute atomic E-state index is 0.0401. The number of nitrogens with zero attached hydrogens (tertiary/aromatic N) is 1. The van der Waals surface area contributed by atoms with Crippen LogP contribution in [0.2, 0.25) is 0 Å². The molecule has 2 aromatic rings. The molecule has 0 amide bonds. The monoisotopic (exact) mass is 326 g/mol. The van der Waals surface area contributed by atoms with Crippen LogP contribution >= 0.6 is 27.3 Å². The van der Waals surface area contributed by atoms with Gasteiger partial charge in [-0.2, -0.15) is 0 Å². The zero-order valence-electron chi connectivity index (χ0n) is 9.93. The third-order valence-corrected chi connectivity index (χ3v) is 4.01. The van der Waals surface area contributed by atoms with Gasteiger partial charge in [0.2, 0.25) is 0 Å². The quantitative estimate of drug-likeness (QED) is 0.827. The van der Waals surface area contributed by atoms with Crippen LogP contribution in [0.4, 0.5) is 0 Å². The Kier molecular flexibility index (Phi) is 5.16. The summed E-state index contributed by atoms with van der Waals surface area (Å²) in [6.45, 7) is 2.45. The molecule has 0 aliphatic heterocycles. The fourth-order valence-corrected chi connectivity index (χ4v) is 2.76. The second-order valence-corrected chi connectivity index (χ2v) is 5.91. The molecule has 0 radical (unpaired) electrons. The Morgan fingerprint density at radius 1 is 1.28 bits per heavy atom. The lowest BCUT2D eigenvalue weighted by atomic mass is 10.3. The van der Waals surface area contributed by atoms with Gasteiger partial charge in [0.15, 0.2) is 0 Å². The molecular weight excluding hydrogens is 312 g/mol. The molecule has 3 nitrogen and oxygen atoms in total. The van der Waals surface area contributed by atoms with Crippen molar-refractivity contribution in [2.45, 2.75) is 13.0 Å². The molecule has 0 unspecified atom stereocenters. The van der Waals surface area contributed by atoms with Crippen molar-refractivity contribution < 1.29 is 0 Å². The summed E-state index contributed by atoms with van der Waals surface area (Å²) in [6, 6.07) is 7.56. The highest BCUT2D eigenvalue weighted by Crippen LogP contribution is 2.08. The van der Waals surface area contributed by atoms with Gasteiger partial charge in [0.1, 0.15) is 0 Å². The largest absolute Gasteiger partial charge is 0.315 e. The van der Waals surface area contributed by atoms with Gasteiger partial charge < -0.3 is 9.88 Å². The minimum Gasteiger partial charge on any atom is -0.315 e. The summed E-state index contributed by atoms with van der Waals surface area (Å²) in [7, 11) is 0. The fourth-order valence-electron chi connectivity index (χ4n) is 1.67. The van der Waals surface area contributed by atoms with Gasteiger partial charge in [-0.25, -0.2) is 0 Å². The van der Waals surface area contributed by atoms with Crippen molar-refractivity contribution in [3.05, 3.63) is 55.5 Å². The molecule has 0 aromatic carbocycles. The van der Waals surface area contributed by atoms with E-state index in [-0.39, 0.29) is 5.56 Å². The van der Waals surface area contributed by atoms with Crippen molar-refractivity contribution in [3.63, 3.8) is 0 Å². The standard InChI is InChI=1S/C13H15BrN2OS/c14-11-3-4-13(17)16(10-11)8-7-15-6-5-12-2-1-9-18-12/h1-4,9-10,15H,5-8H2. The van der Waals surface area contributed by atoms with Gasteiger partial charge in [0.25, 0.3) is 5.56 Å². The first-order valence-corrected chi connectivity index (χ1v) is 7.52. The van der Waals surface area contributed by atoms with Gasteiger partial charge in [-0.1, -0.05) is 6.07 Å². The Bertz CT molecular complexity index is 536. The van der Waals surface area contributed by atoms with Gasteiger partial charge in [-0.15, -0.1) is 11.3 Å². The van der Waals surface area contributed by atoms with Crippen molar-refractivity contribution in [1.29, 1.82) is 0 Å². The molecule has 0 atom stereocenters. The summed E-state index contributed by atoms with van der Waals surface area (Å²) in [5.74, 6) is 0. The fraction of sp³-hybridized carbons (Fsp3) is 0.308. The number of hydrogen-bond donors (Lipinski definition) is 1. The smallest absolute Gasteiger partial charge is 0.250 e. The third kappa shape index (κ3) is 4.08. The first-order chi connectivity index (χ1) is 8.75. The lowest BCUT2D eigenvalue weighted by molar-refractivity contribution is 0.586. The molecule has 2 heterocycles. The Hall–Kier alpha value is -0.910. The van der Waals surface area contributed by atoms with E-state index in [1.165, 1.54) is 4.88 Å². The zero-order chi connectivity index (χ0) is 12.8. The number of pyridine rings is 1. The van der Waals surface area contributed by atoms with Crippen molar-refractivity contribution >= 4 is 27.3 Å². The van der Waals surface area contributed by atoms with E-state index >= 15 is 0 Å². The predicted molar refractivity (Wildman–Crippen MR) is 79.3 cm³/mol. The van der Waals surface area contributed by atoms with Gasteiger partial charge in [-0.05, 0) is 39.9 Å². The van der Waals surface area contributed by atoms with Crippen molar-refractivity contribution in [2.24, 2.45) is 0 Å². The summed E-state index contributed by atoms with van der Waals surface area (Å²) < 4.78 is 2.64. The highest BCUT2D eigenvalue weighted by atomic mass is 79.9. The number of thiophene rings is 1. The summed E-state index contributed by atoms with van der Waals surface area (Å²) in [5, 5.41) is 5.44. The van der Waals surface area contributed by atoms with E-state index in [0.29, 0.717) is 6.54 Å². The van der Waals surface area contributed by atoms with Crippen LogP contribution in [-0.2, 0) is 13.0 Å². The summed E-state index contributed by atoms with van der Waals surface area (Å²) in [6.07, 6.45) is 2.87. The molecule has 18 heavy (non-hydrogen) atoms. The predicted octanol–water partition coefficient (Wildman–Crippen LogP) is 2.50. The van der Waals surface area contributed by atoms with Crippen LogP contribution in [0.15, 0.2) is 45.1 Å². The maximum absolute atomic E-state index is 11.5. The Balaban J connectivity index is 1.72. The van der Waals surface area contributed by atoms with E-state index in [2.05, 4.69) is 38.8 Å². The summed E-state index contributed by atoms with van der Waals surface area (Å²) >= 11 is 5.15. The van der Waals surface area contributed by atoms with Gasteiger partial charge in [0, 0.05) is 41.2 Å². The van der Waals surface area contributed by atoms with Crippen molar-refractivity contribution in [1.82, 2.24) is 9.88 Å². The molecular formula is C13H15BrN2OS. The number of nitrogens with one attached hydrogen (secondary N) is 1. The second-order valence-electron chi connectivity index (χ2n) is 3.96. The Morgan fingerprint density at radius 2 is 2.17 bits per heavy atom. The van der Waals surface area contributed by atoms with Crippen LogP contribution in [0.1, 0.15) is 4.88 Å². The highest BCUT2D eigenvalue weighted by Gasteiger charge is 1.97. The Labute approximate surface area is 119 Å². The lowest BCUT2D eigenvalue weighted by Gasteiger charge is -2.07. The van der Waals surface area contributed by atoms with Crippen molar-refractivity contribution in [2.75, 3.05) is 13.1 Å². The van der Waals surface area contributed by atoms with Crippen LogP contribution in [0.5, 0.6) is 0 Å². The number of hydrogen-bond acceptors (Lipinski definition) is 3. The molecule has 5 heteroatoms. The normalized spacial score (nSPS) is 10.7. The summed E-state index contributed by atoms with van der Waals surface area (Å²) in [5.41, 5.74) is 0.0401. The molecule has 1 N–H and O–H groups in total. The first kappa shape index (κ1) is 13.5. The second kappa shape index (κ2) is 6.87. The first-order valence-electron chi connectivity index (χ1n) is 5.85. The lowest BCUT2D eigenvalue weighted by Crippen LogP contribution is -2.27. The molecule has 0 aliphatic carbocycles. The van der Waals surface area contributed by atoms with Crippen LogP contribution < -0.4 is 10.9 Å². The van der Waals surface area contributed by atoms with Gasteiger partial charge in [-0.3, -0.25) is 4.79 Å². The van der Waals surface area contributed by atoms with Crippen LogP contribution in [0, 0.1) is 0 Å². The van der Waals surface area contributed by atoms with E-state index in [0.717, 1.165) is 24.0 Å². The molecule has 0 saturated carbocycles. The number of aromatic nitrogens is 1. The molecule has 0 saturated heterocycles. The van der Waals surface area contributed by atoms with E-state index < -0.39 is 0 Å². The average Bonchev–Trinajstić information content (AvgIpc) is 2.86. The van der Waals surface area contributed by atoms with Gasteiger partial charge >= 0.3 is 0 Å². The van der Waals surface area contributed by atoms with E-state index in [1.807, 2.05) is 6.20 Å². The zero-order valence-corrected chi connectivity index (χ0v) is 12.3. The summed E-state index contributed by atoms with van der Waals surface area (Å²) in [4.78, 5) is 12.9. The van der Waals surface area contributed by atoms with E-state index in [4.69, 9.17) is 0 Å². The van der Waals surface area contributed by atoms with Crippen LogP contribution in [-0.4, -0.2) is 17.7 Å². The molecule has 0 spiro atoms. The maximum atomic E-state index is 11.5. The van der Waals surface area contributed by atoms with Gasteiger partial charge in [0.05, 0.1) is 0 Å². The van der Waals surface area contributed by atoms with Crippen LogP contribution in [0.25, 0.3) is 0 Å². The number of rotatable bonds is 6. The molecule has 2 rings (SSSR count). The van der Waals surface area contributed by atoms with Crippen molar-refractivity contribution in [3.8, 4) is 0 Å². The topological polar surface area (TPSA) is 34.0 Å². The maximum Gasteiger partial charge on any atom is 0.250 e.